The van der Waals surface area contributed by atoms with Crippen LogP contribution in [0, 0.1) is 6.92 Å². The fraction of sp³-hybridized carbons (Fsp3) is 0.281. The summed E-state index contributed by atoms with van der Waals surface area (Å²) in [6.45, 7) is 1.99. The lowest BCUT2D eigenvalue weighted by Gasteiger charge is -2.21. The Kier molecular flexibility index (Phi) is 7.15. The van der Waals surface area contributed by atoms with E-state index in [9.17, 15) is 22.8 Å². The van der Waals surface area contributed by atoms with Gasteiger partial charge in [-0.15, -0.1) is 18.3 Å². The van der Waals surface area contributed by atoms with Gasteiger partial charge in [0.1, 0.15) is 12.1 Å². The van der Waals surface area contributed by atoms with Gasteiger partial charge in [0.15, 0.2) is 11.0 Å². The third kappa shape index (κ3) is 6.17. The highest BCUT2D eigenvalue weighted by Gasteiger charge is 2.46. The molecule has 7 rings (SSSR count). The van der Waals surface area contributed by atoms with Gasteiger partial charge in [0.2, 0.25) is 5.91 Å². The van der Waals surface area contributed by atoms with Gasteiger partial charge in [0.25, 0.3) is 0 Å². The molecular weight excluding hydrogens is 605 g/mol. The number of urea groups is 1. The summed E-state index contributed by atoms with van der Waals surface area (Å²) in [5.74, 6) is 0.695. The normalized spacial score (nSPS) is 18.4. The maximum absolute atomic E-state index is 13.2. The number of hydrogen-bond donors (Lipinski definition) is 1. The second-order valence-corrected chi connectivity index (χ2v) is 12.3. The number of aliphatic imine (C=N–C) groups is 1. The Morgan fingerprint density at radius 1 is 1.07 bits per heavy atom. The quantitative estimate of drug-likeness (QED) is 0.239. The van der Waals surface area contributed by atoms with E-state index in [-0.39, 0.29) is 17.4 Å². The number of thioether (sulfide) groups is 1. The Hall–Kier alpha value is -4.65. The Labute approximate surface area is 260 Å². The summed E-state index contributed by atoms with van der Waals surface area (Å²) >= 11 is 1.27. The van der Waals surface area contributed by atoms with Crippen LogP contribution in [0.1, 0.15) is 48.3 Å². The Bertz CT molecular complexity index is 1810. The van der Waals surface area contributed by atoms with E-state index in [0.29, 0.717) is 22.6 Å². The van der Waals surface area contributed by atoms with E-state index in [1.165, 1.54) is 47.0 Å². The Balaban J connectivity index is 1.04. The summed E-state index contributed by atoms with van der Waals surface area (Å²) < 4.78 is 42.7. The van der Waals surface area contributed by atoms with Crippen molar-refractivity contribution in [1.82, 2.24) is 20.1 Å². The molecule has 230 valence electrons. The number of aryl methyl sites for hydroxylation is 1. The molecule has 0 bridgehead atoms. The number of amides is 3. The number of carbonyl (C=O) groups is 2. The van der Waals surface area contributed by atoms with Gasteiger partial charge < -0.3 is 10.1 Å². The summed E-state index contributed by atoms with van der Waals surface area (Å²) in [5, 5.41) is 7.91. The number of alkyl halides is 3. The average Bonchev–Trinajstić information content (AvgIpc) is 3.91. The topological polar surface area (TPSA) is 102 Å². The summed E-state index contributed by atoms with van der Waals surface area (Å²) in [6, 6.07) is 18.5. The molecule has 0 atom stereocenters. The average molecular weight is 633 g/mol. The van der Waals surface area contributed by atoms with Gasteiger partial charge in [-0.2, -0.15) is 4.99 Å². The number of amidine groups is 1. The Morgan fingerprint density at radius 2 is 1.80 bits per heavy atom. The number of benzene rings is 3. The number of nitrogens with zero attached hydrogens (tertiary/aromatic N) is 5. The van der Waals surface area contributed by atoms with E-state index >= 15 is 0 Å². The monoisotopic (exact) mass is 632 g/mol. The fourth-order valence-corrected chi connectivity index (χ4v) is 6.32. The molecule has 13 heteroatoms. The third-order valence-corrected chi connectivity index (χ3v) is 8.95. The second kappa shape index (κ2) is 11.1. The predicted molar refractivity (Wildman–Crippen MR) is 163 cm³/mol. The molecule has 0 spiro atoms. The summed E-state index contributed by atoms with van der Waals surface area (Å²) in [4.78, 5) is 36.4. The first-order chi connectivity index (χ1) is 21.6. The number of rotatable bonds is 7. The van der Waals surface area contributed by atoms with Crippen molar-refractivity contribution >= 4 is 34.6 Å². The van der Waals surface area contributed by atoms with E-state index < -0.39 is 17.9 Å². The lowest BCUT2D eigenvalue weighted by molar-refractivity contribution is -0.274. The molecule has 2 heterocycles. The molecule has 3 aromatic carbocycles. The first-order valence-corrected chi connectivity index (χ1v) is 15.4. The Morgan fingerprint density at radius 3 is 2.47 bits per heavy atom. The predicted octanol–water partition coefficient (Wildman–Crippen LogP) is 6.85. The van der Waals surface area contributed by atoms with Crippen LogP contribution in [-0.2, 0) is 10.3 Å². The van der Waals surface area contributed by atoms with Crippen LogP contribution in [-0.4, -0.2) is 44.0 Å². The number of carbonyl (C=O) groups excluding carboxylic acids is 2. The summed E-state index contributed by atoms with van der Waals surface area (Å²) in [6.07, 6.45) is 0.406. The number of anilines is 1. The number of aromatic nitrogens is 3. The zero-order chi connectivity index (χ0) is 31.3. The van der Waals surface area contributed by atoms with Crippen LogP contribution in [0.2, 0.25) is 0 Å². The zero-order valence-electron chi connectivity index (χ0n) is 24.0. The number of hydrogen-bond acceptors (Lipinski definition) is 6. The van der Waals surface area contributed by atoms with Crippen LogP contribution >= 0.6 is 11.8 Å². The molecule has 1 aliphatic heterocycles. The van der Waals surface area contributed by atoms with E-state index in [2.05, 4.69) is 37.3 Å². The van der Waals surface area contributed by atoms with Crippen LogP contribution in [0.25, 0.3) is 17.1 Å². The van der Waals surface area contributed by atoms with E-state index in [1.54, 1.807) is 4.90 Å². The molecule has 3 aliphatic rings. The molecule has 0 radical (unpaired) electrons. The van der Waals surface area contributed by atoms with Gasteiger partial charge in [-0.25, -0.2) is 14.5 Å². The standard InChI is InChI=1S/C32H27F3N6O3S/c1-19-2-13-25(20-3-4-20)26(16-19)41-27(42)17-45-30(41)37-29(43)38-31(14-15-31)22-7-5-21(6-8-22)28-36-18-40(39-28)23-9-11-24(12-10-23)44-32(33,34)35/h2,5-13,16,18,20H,3-4,14-15,17H2,1H3,(H,38,43)/b37-30-. The van der Waals surface area contributed by atoms with Crippen molar-refractivity contribution in [3.05, 3.63) is 89.7 Å². The molecule has 1 aromatic heterocycles. The van der Waals surface area contributed by atoms with Gasteiger partial charge in [0, 0.05) is 5.56 Å². The van der Waals surface area contributed by atoms with Crippen molar-refractivity contribution in [2.45, 2.75) is 50.4 Å². The van der Waals surface area contributed by atoms with Crippen molar-refractivity contribution < 1.29 is 27.5 Å². The molecule has 2 aliphatic carbocycles. The maximum Gasteiger partial charge on any atom is 0.573 e. The van der Waals surface area contributed by atoms with Gasteiger partial charge in [-0.05, 0) is 85.5 Å². The van der Waals surface area contributed by atoms with Gasteiger partial charge >= 0.3 is 12.4 Å². The molecule has 9 nitrogen and oxygen atoms in total. The largest absolute Gasteiger partial charge is 0.573 e. The fourth-order valence-electron chi connectivity index (χ4n) is 5.46. The lowest BCUT2D eigenvalue weighted by atomic mass is 10.0. The molecule has 2 saturated carbocycles. The highest BCUT2D eigenvalue weighted by molar-refractivity contribution is 8.15. The van der Waals surface area contributed by atoms with E-state index in [1.807, 2.05) is 37.3 Å². The van der Waals surface area contributed by atoms with Crippen molar-refractivity contribution in [2.75, 3.05) is 10.7 Å². The van der Waals surface area contributed by atoms with Crippen LogP contribution in [0.5, 0.6) is 5.75 Å². The molecule has 4 aromatic rings. The van der Waals surface area contributed by atoms with Crippen molar-refractivity contribution in [3.8, 4) is 22.8 Å². The molecule has 1 N–H and O–H groups in total. The first-order valence-electron chi connectivity index (χ1n) is 14.4. The van der Waals surface area contributed by atoms with Crippen molar-refractivity contribution in [3.63, 3.8) is 0 Å². The van der Waals surface area contributed by atoms with Crippen molar-refractivity contribution in [1.29, 1.82) is 0 Å². The second-order valence-electron chi connectivity index (χ2n) is 11.4. The molecule has 3 fully saturated rings. The molecule has 0 unspecified atom stereocenters. The van der Waals surface area contributed by atoms with Crippen LogP contribution < -0.4 is 15.0 Å². The molecule has 3 amide bonds. The minimum Gasteiger partial charge on any atom is -0.406 e. The number of ether oxygens (including phenoxy) is 1. The number of nitrogens with one attached hydrogen (secondary N) is 1. The van der Waals surface area contributed by atoms with Crippen LogP contribution in [0.4, 0.5) is 23.7 Å². The minimum atomic E-state index is -4.76. The van der Waals surface area contributed by atoms with Crippen LogP contribution in [0.15, 0.2) is 78.0 Å². The third-order valence-electron chi connectivity index (χ3n) is 8.03. The zero-order valence-corrected chi connectivity index (χ0v) is 24.9. The van der Waals surface area contributed by atoms with Gasteiger partial charge in [0.05, 0.1) is 22.7 Å². The summed E-state index contributed by atoms with van der Waals surface area (Å²) in [7, 11) is 0. The maximum atomic E-state index is 13.2. The summed E-state index contributed by atoms with van der Waals surface area (Å²) in [5.41, 5.74) is 4.61. The lowest BCUT2D eigenvalue weighted by Crippen LogP contribution is -2.35. The SMILES string of the molecule is Cc1ccc(C2CC2)c(N2C(=O)CS/C2=N\C(=O)NC2(c3ccc(-c4ncn(-c5ccc(OC(F)(F)F)cc5)n4)cc3)CC2)c1. The highest BCUT2D eigenvalue weighted by Crippen LogP contribution is 2.47. The van der Waals surface area contributed by atoms with E-state index in [4.69, 9.17) is 0 Å². The molecule has 45 heavy (non-hydrogen) atoms. The van der Waals surface area contributed by atoms with Gasteiger partial charge in [-0.1, -0.05) is 48.2 Å². The van der Waals surface area contributed by atoms with Crippen molar-refractivity contribution in [2.24, 2.45) is 4.99 Å². The highest BCUT2D eigenvalue weighted by atomic mass is 32.2. The number of halogens is 3. The molecule has 1 saturated heterocycles. The van der Waals surface area contributed by atoms with E-state index in [0.717, 1.165) is 53.6 Å². The van der Waals surface area contributed by atoms with Gasteiger partial charge in [-0.3, -0.25) is 9.69 Å². The minimum absolute atomic E-state index is 0.0840. The smallest absolute Gasteiger partial charge is 0.406 e. The first kappa shape index (κ1) is 29.1. The molecular formula is C32H27F3N6O3S. The van der Waals surface area contributed by atoms with Crippen LogP contribution in [0.3, 0.4) is 0 Å².